The highest BCUT2D eigenvalue weighted by Gasteiger charge is 2.21. The Hall–Kier alpha value is -1.75. The van der Waals surface area contributed by atoms with E-state index in [-0.39, 0.29) is 11.0 Å². The maximum atomic E-state index is 4.18. The van der Waals surface area contributed by atoms with Gasteiger partial charge < -0.3 is 5.32 Å². The van der Waals surface area contributed by atoms with Gasteiger partial charge in [0, 0.05) is 5.54 Å². The zero-order chi connectivity index (χ0) is 15.7. The van der Waals surface area contributed by atoms with Gasteiger partial charge in [0.2, 0.25) is 0 Å². The van der Waals surface area contributed by atoms with Gasteiger partial charge in [-0.2, -0.15) is 4.68 Å². The fourth-order valence-corrected chi connectivity index (χ4v) is 2.14. The summed E-state index contributed by atoms with van der Waals surface area (Å²) in [5.41, 5.74) is 2.34. The summed E-state index contributed by atoms with van der Waals surface area (Å²) in [6.45, 7) is 13.6. The molecule has 0 saturated carbocycles. The van der Waals surface area contributed by atoms with Crippen molar-refractivity contribution in [1.29, 1.82) is 0 Å². The van der Waals surface area contributed by atoms with Gasteiger partial charge in [-0.05, 0) is 48.2 Å². The van der Waals surface area contributed by atoms with E-state index < -0.39 is 0 Å². The molecule has 0 spiro atoms. The Kier molecular flexibility index (Phi) is 4.14. The fourth-order valence-electron chi connectivity index (χ4n) is 2.14. The zero-order valence-corrected chi connectivity index (χ0v) is 13.8. The Morgan fingerprint density at radius 1 is 1.05 bits per heavy atom. The van der Waals surface area contributed by atoms with Crippen molar-refractivity contribution in [1.82, 2.24) is 25.5 Å². The molecular weight excluding hydrogens is 262 g/mol. The maximum Gasteiger partial charge on any atom is 0.170 e. The SMILES string of the molecule is CC(C)(C)NCc1nnnn1-c1ccccc1C(C)(C)C. The lowest BCUT2D eigenvalue weighted by Crippen LogP contribution is -2.36. The monoisotopic (exact) mass is 287 g/mol. The Labute approximate surface area is 126 Å². The van der Waals surface area contributed by atoms with Gasteiger partial charge in [0.15, 0.2) is 5.82 Å². The van der Waals surface area contributed by atoms with Crippen molar-refractivity contribution >= 4 is 0 Å². The Bertz CT molecular complexity index is 602. The van der Waals surface area contributed by atoms with Crippen LogP contribution in [0.2, 0.25) is 0 Å². The second kappa shape index (κ2) is 5.56. The van der Waals surface area contributed by atoms with Gasteiger partial charge >= 0.3 is 0 Å². The van der Waals surface area contributed by atoms with Crippen molar-refractivity contribution in [3.8, 4) is 5.69 Å². The van der Waals surface area contributed by atoms with E-state index in [1.165, 1.54) is 5.56 Å². The summed E-state index contributed by atoms with van der Waals surface area (Å²) in [5.74, 6) is 0.821. The minimum Gasteiger partial charge on any atom is -0.305 e. The predicted molar refractivity (Wildman–Crippen MR) is 84.4 cm³/mol. The molecule has 0 aliphatic heterocycles. The number of aromatic nitrogens is 4. The van der Waals surface area contributed by atoms with Gasteiger partial charge in [0.05, 0.1) is 12.2 Å². The van der Waals surface area contributed by atoms with E-state index in [0.29, 0.717) is 6.54 Å². The molecule has 1 aromatic carbocycles. The van der Waals surface area contributed by atoms with Crippen molar-refractivity contribution < 1.29 is 0 Å². The molecule has 0 fully saturated rings. The molecule has 114 valence electrons. The Morgan fingerprint density at radius 2 is 1.71 bits per heavy atom. The van der Waals surface area contributed by atoms with E-state index in [1.54, 1.807) is 0 Å². The molecule has 0 atom stereocenters. The van der Waals surface area contributed by atoms with Crippen molar-refractivity contribution in [2.24, 2.45) is 0 Å². The van der Waals surface area contributed by atoms with Crippen LogP contribution in [0.4, 0.5) is 0 Å². The average molecular weight is 287 g/mol. The van der Waals surface area contributed by atoms with E-state index in [1.807, 2.05) is 10.7 Å². The molecule has 5 heteroatoms. The van der Waals surface area contributed by atoms with E-state index in [2.05, 4.69) is 80.6 Å². The van der Waals surface area contributed by atoms with Gasteiger partial charge in [0.25, 0.3) is 0 Å². The number of rotatable bonds is 3. The third-order valence-electron chi connectivity index (χ3n) is 3.25. The summed E-state index contributed by atoms with van der Waals surface area (Å²) < 4.78 is 1.83. The highest BCUT2D eigenvalue weighted by atomic mass is 15.5. The predicted octanol–water partition coefficient (Wildman–Crippen LogP) is 2.85. The second-order valence-electron chi connectivity index (χ2n) is 7.38. The minimum absolute atomic E-state index is 0.0281. The van der Waals surface area contributed by atoms with Crippen LogP contribution >= 0.6 is 0 Å². The summed E-state index contributed by atoms with van der Waals surface area (Å²) in [6.07, 6.45) is 0. The lowest BCUT2D eigenvalue weighted by molar-refractivity contribution is 0.414. The molecular formula is C16H25N5. The van der Waals surface area contributed by atoms with Crippen LogP contribution < -0.4 is 5.32 Å². The maximum absolute atomic E-state index is 4.18. The Balaban J connectivity index is 2.38. The molecule has 1 N–H and O–H groups in total. The van der Waals surface area contributed by atoms with E-state index in [0.717, 1.165) is 11.5 Å². The zero-order valence-electron chi connectivity index (χ0n) is 13.8. The third-order valence-corrected chi connectivity index (χ3v) is 3.25. The molecule has 0 aliphatic rings. The van der Waals surface area contributed by atoms with Gasteiger partial charge in [-0.25, -0.2) is 0 Å². The molecule has 2 aromatic rings. The van der Waals surface area contributed by atoms with Crippen LogP contribution in [-0.2, 0) is 12.0 Å². The summed E-state index contributed by atoms with van der Waals surface area (Å²) >= 11 is 0. The van der Waals surface area contributed by atoms with Crippen molar-refractivity contribution in [2.75, 3.05) is 0 Å². The molecule has 1 heterocycles. The smallest absolute Gasteiger partial charge is 0.170 e. The molecule has 0 amide bonds. The van der Waals surface area contributed by atoms with Gasteiger partial charge in [0.1, 0.15) is 0 Å². The van der Waals surface area contributed by atoms with Gasteiger partial charge in [-0.15, -0.1) is 5.10 Å². The van der Waals surface area contributed by atoms with E-state index >= 15 is 0 Å². The lowest BCUT2D eigenvalue weighted by Gasteiger charge is -2.23. The van der Waals surface area contributed by atoms with Crippen LogP contribution in [0.15, 0.2) is 24.3 Å². The lowest BCUT2D eigenvalue weighted by atomic mass is 9.86. The number of hydrogen-bond donors (Lipinski definition) is 1. The minimum atomic E-state index is 0.0281. The van der Waals surface area contributed by atoms with E-state index in [4.69, 9.17) is 0 Å². The molecule has 2 rings (SSSR count). The fraction of sp³-hybridized carbons (Fsp3) is 0.562. The molecule has 21 heavy (non-hydrogen) atoms. The van der Waals surface area contributed by atoms with Crippen LogP contribution in [0.25, 0.3) is 5.69 Å². The summed E-state index contributed by atoms with van der Waals surface area (Å²) in [6, 6.07) is 8.28. The van der Waals surface area contributed by atoms with Crippen molar-refractivity contribution in [2.45, 2.75) is 59.0 Å². The first kappa shape index (κ1) is 15.6. The number of tetrazole rings is 1. The number of para-hydroxylation sites is 1. The first-order chi connectivity index (χ1) is 9.68. The standard InChI is InChI=1S/C16H25N5/c1-15(2,3)12-9-7-8-10-13(12)21-14(18-19-20-21)11-17-16(4,5)6/h7-10,17H,11H2,1-6H3. The first-order valence-corrected chi connectivity index (χ1v) is 7.31. The average Bonchev–Trinajstić information content (AvgIpc) is 2.82. The first-order valence-electron chi connectivity index (χ1n) is 7.31. The molecule has 0 saturated heterocycles. The van der Waals surface area contributed by atoms with Crippen LogP contribution in [0.1, 0.15) is 52.9 Å². The summed E-state index contributed by atoms with van der Waals surface area (Å²) in [5, 5.41) is 15.6. The normalized spacial score (nSPS) is 12.7. The van der Waals surface area contributed by atoms with Crippen molar-refractivity contribution in [3.63, 3.8) is 0 Å². The molecule has 0 unspecified atom stereocenters. The molecule has 0 aliphatic carbocycles. The topological polar surface area (TPSA) is 55.6 Å². The highest BCUT2D eigenvalue weighted by Crippen LogP contribution is 2.28. The van der Waals surface area contributed by atoms with Crippen LogP contribution in [0.5, 0.6) is 0 Å². The van der Waals surface area contributed by atoms with Crippen LogP contribution in [-0.4, -0.2) is 25.7 Å². The molecule has 0 radical (unpaired) electrons. The highest BCUT2D eigenvalue weighted by molar-refractivity contribution is 5.44. The summed E-state index contributed by atoms with van der Waals surface area (Å²) in [4.78, 5) is 0. The molecule has 1 aromatic heterocycles. The van der Waals surface area contributed by atoms with E-state index in [9.17, 15) is 0 Å². The Morgan fingerprint density at radius 3 is 2.33 bits per heavy atom. The molecule has 5 nitrogen and oxygen atoms in total. The van der Waals surface area contributed by atoms with Crippen LogP contribution in [0.3, 0.4) is 0 Å². The van der Waals surface area contributed by atoms with Crippen molar-refractivity contribution in [3.05, 3.63) is 35.7 Å². The van der Waals surface area contributed by atoms with Gasteiger partial charge in [-0.3, -0.25) is 0 Å². The number of nitrogens with one attached hydrogen (secondary N) is 1. The molecule has 0 bridgehead atoms. The third kappa shape index (κ3) is 3.88. The summed E-state index contributed by atoms with van der Waals surface area (Å²) in [7, 11) is 0. The number of hydrogen-bond acceptors (Lipinski definition) is 4. The van der Waals surface area contributed by atoms with Crippen LogP contribution in [0, 0.1) is 0 Å². The quantitative estimate of drug-likeness (QED) is 0.943. The number of nitrogens with zero attached hydrogens (tertiary/aromatic N) is 4. The second-order valence-corrected chi connectivity index (χ2v) is 7.38. The van der Waals surface area contributed by atoms with Gasteiger partial charge in [-0.1, -0.05) is 39.0 Å². The number of benzene rings is 1. The largest absolute Gasteiger partial charge is 0.305 e.